The number of fused-ring (bicyclic) bond motifs is 1. The fourth-order valence-corrected chi connectivity index (χ4v) is 4.76. The lowest BCUT2D eigenvalue weighted by Gasteiger charge is -2.34. The number of hydrogen-bond acceptors (Lipinski definition) is 4. The standard InChI is InChI=1S/C14H18N2O3S/c15-12-5-7-16(13-4-2-1-3-11(12)13)14(17)10-6-8-20(18,19)9-10/h1-4,10,12H,5-9,15H2. The molecule has 2 aliphatic heterocycles. The van der Waals surface area contributed by atoms with E-state index in [1.165, 1.54) is 0 Å². The Morgan fingerprint density at radius 3 is 2.70 bits per heavy atom. The zero-order chi connectivity index (χ0) is 14.3. The van der Waals surface area contributed by atoms with Crippen molar-refractivity contribution in [3.63, 3.8) is 0 Å². The van der Waals surface area contributed by atoms with E-state index in [2.05, 4.69) is 0 Å². The minimum atomic E-state index is -3.04. The van der Waals surface area contributed by atoms with Gasteiger partial charge in [-0.25, -0.2) is 8.42 Å². The smallest absolute Gasteiger partial charge is 0.231 e. The van der Waals surface area contributed by atoms with Crippen molar-refractivity contribution >= 4 is 21.4 Å². The maximum absolute atomic E-state index is 12.6. The largest absolute Gasteiger partial charge is 0.324 e. The lowest BCUT2D eigenvalue weighted by Crippen LogP contribution is -2.42. The number of carbonyl (C=O) groups excluding carboxylic acids is 1. The number of amides is 1. The van der Waals surface area contributed by atoms with Gasteiger partial charge in [0.2, 0.25) is 5.91 Å². The highest BCUT2D eigenvalue weighted by atomic mass is 32.2. The molecule has 2 atom stereocenters. The monoisotopic (exact) mass is 294 g/mol. The van der Waals surface area contributed by atoms with Crippen LogP contribution in [0.2, 0.25) is 0 Å². The predicted molar refractivity (Wildman–Crippen MR) is 77.1 cm³/mol. The highest BCUT2D eigenvalue weighted by Gasteiger charge is 2.37. The molecule has 108 valence electrons. The summed E-state index contributed by atoms with van der Waals surface area (Å²) in [5, 5.41) is 0. The molecule has 0 radical (unpaired) electrons. The SMILES string of the molecule is NC1CCN(C(=O)C2CCS(=O)(=O)C2)c2ccccc21. The summed E-state index contributed by atoms with van der Waals surface area (Å²) in [5.74, 6) is -0.373. The Balaban J connectivity index is 1.88. The molecule has 1 fully saturated rings. The molecule has 2 unspecified atom stereocenters. The summed E-state index contributed by atoms with van der Waals surface area (Å²) < 4.78 is 23.1. The molecule has 1 saturated heterocycles. The Labute approximate surface area is 118 Å². The van der Waals surface area contributed by atoms with E-state index in [4.69, 9.17) is 5.73 Å². The summed E-state index contributed by atoms with van der Waals surface area (Å²) in [6, 6.07) is 7.55. The van der Waals surface area contributed by atoms with Gasteiger partial charge < -0.3 is 10.6 Å². The van der Waals surface area contributed by atoms with Gasteiger partial charge in [0.15, 0.2) is 9.84 Å². The number of para-hydroxylation sites is 1. The topological polar surface area (TPSA) is 80.5 Å². The van der Waals surface area contributed by atoms with Gasteiger partial charge >= 0.3 is 0 Å². The Morgan fingerprint density at radius 2 is 2.00 bits per heavy atom. The first-order valence-corrected chi connectivity index (χ1v) is 8.66. The molecule has 0 aromatic heterocycles. The summed E-state index contributed by atoms with van der Waals surface area (Å²) in [7, 11) is -3.04. The number of rotatable bonds is 1. The van der Waals surface area contributed by atoms with Gasteiger partial charge in [-0.3, -0.25) is 4.79 Å². The highest BCUT2D eigenvalue weighted by Crippen LogP contribution is 2.34. The van der Waals surface area contributed by atoms with Crippen LogP contribution in [-0.4, -0.2) is 32.4 Å². The van der Waals surface area contributed by atoms with Crippen molar-refractivity contribution < 1.29 is 13.2 Å². The number of nitrogens with zero attached hydrogens (tertiary/aromatic N) is 1. The summed E-state index contributed by atoms with van der Waals surface area (Å²) in [5.41, 5.74) is 7.87. The minimum absolute atomic E-state index is 0.0173. The fourth-order valence-electron chi connectivity index (χ4n) is 3.03. The van der Waals surface area contributed by atoms with Crippen LogP contribution in [0.25, 0.3) is 0 Å². The van der Waals surface area contributed by atoms with E-state index >= 15 is 0 Å². The quantitative estimate of drug-likeness (QED) is 0.833. The lowest BCUT2D eigenvalue weighted by molar-refractivity contribution is -0.121. The van der Waals surface area contributed by atoms with Crippen molar-refractivity contribution in [2.45, 2.75) is 18.9 Å². The molecule has 3 rings (SSSR count). The van der Waals surface area contributed by atoms with Crippen LogP contribution in [0.5, 0.6) is 0 Å². The Bertz CT molecular complexity index is 642. The van der Waals surface area contributed by atoms with E-state index < -0.39 is 15.8 Å². The van der Waals surface area contributed by atoms with Gasteiger partial charge in [-0.15, -0.1) is 0 Å². The van der Waals surface area contributed by atoms with Crippen molar-refractivity contribution in [2.24, 2.45) is 11.7 Å². The summed E-state index contributed by atoms with van der Waals surface area (Å²) in [6.45, 7) is 0.563. The maximum Gasteiger partial charge on any atom is 0.231 e. The van der Waals surface area contributed by atoms with Crippen LogP contribution < -0.4 is 10.6 Å². The van der Waals surface area contributed by atoms with Crippen LogP contribution in [0.3, 0.4) is 0 Å². The number of carbonyl (C=O) groups is 1. The molecule has 1 aromatic rings. The second-order valence-electron chi connectivity index (χ2n) is 5.54. The van der Waals surface area contributed by atoms with Crippen LogP contribution in [0, 0.1) is 5.92 Å². The molecule has 1 aromatic carbocycles. The average molecular weight is 294 g/mol. The van der Waals surface area contributed by atoms with Gasteiger partial charge in [0.25, 0.3) is 0 Å². The fraction of sp³-hybridized carbons (Fsp3) is 0.500. The van der Waals surface area contributed by atoms with Crippen LogP contribution >= 0.6 is 0 Å². The zero-order valence-electron chi connectivity index (χ0n) is 11.2. The first-order valence-electron chi connectivity index (χ1n) is 6.84. The first kappa shape index (κ1) is 13.6. The van der Waals surface area contributed by atoms with Gasteiger partial charge in [0.05, 0.1) is 17.4 Å². The van der Waals surface area contributed by atoms with Gasteiger partial charge in [-0.1, -0.05) is 18.2 Å². The lowest BCUT2D eigenvalue weighted by atomic mass is 9.95. The minimum Gasteiger partial charge on any atom is -0.324 e. The summed E-state index contributed by atoms with van der Waals surface area (Å²) >= 11 is 0. The van der Waals surface area contributed by atoms with E-state index in [0.29, 0.717) is 19.4 Å². The molecule has 0 bridgehead atoms. The maximum atomic E-state index is 12.6. The Morgan fingerprint density at radius 1 is 1.25 bits per heavy atom. The molecule has 0 saturated carbocycles. The van der Waals surface area contributed by atoms with E-state index in [1.807, 2.05) is 24.3 Å². The second kappa shape index (κ2) is 4.86. The molecular weight excluding hydrogens is 276 g/mol. The number of benzene rings is 1. The van der Waals surface area contributed by atoms with E-state index in [-0.39, 0.29) is 23.5 Å². The molecular formula is C14H18N2O3S. The van der Waals surface area contributed by atoms with Crippen LogP contribution in [0.15, 0.2) is 24.3 Å². The van der Waals surface area contributed by atoms with Crippen molar-refractivity contribution in [3.05, 3.63) is 29.8 Å². The second-order valence-corrected chi connectivity index (χ2v) is 7.77. The van der Waals surface area contributed by atoms with E-state index in [0.717, 1.165) is 11.3 Å². The molecule has 2 N–H and O–H groups in total. The third-order valence-corrected chi connectivity index (χ3v) is 5.91. The first-order chi connectivity index (χ1) is 9.48. The molecule has 1 amide bonds. The molecule has 0 spiro atoms. The summed E-state index contributed by atoms with van der Waals surface area (Å²) in [4.78, 5) is 14.3. The van der Waals surface area contributed by atoms with Crippen molar-refractivity contribution in [1.29, 1.82) is 0 Å². The van der Waals surface area contributed by atoms with Gasteiger partial charge in [0.1, 0.15) is 0 Å². The van der Waals surface area contributed by atoms with Crippen LogP contribution in [-0.2, 0) is 14.6 Å². The van der Waals surface area contributed by atoms with E-state index in [1.54, 1.807) is 4.90 Å². The Hall–Kier alpha value is -1.40. The van der Waals surface area contributed by atoms with Crippen LogP contribution in [0.4, 0.5) is 5.69 Å². The molecule has 0 aliphatic carbocycles. The van der Waals surface area contributed by atoms with Crippen molar-refractivity contribution in [3.8, 4) is 0 Å². The highest BCUT2D eigenvalue weighted by molar-refractivity contribution is 7.91. The Kier molecular flexibility index (Phi) is 3.30. The number of sulfone groups is 1. The van der Waals surface area contributed by atoms with Crippen LogP contribution in [0.1, 0.15) is 24.4 Å². The zero-order valence-corrected chi connectivity index (χ0v) is 12.0. The number of hydrogen-bond donors (Lipinski definition) is 1. The van der Waals surface area contributed by atoms with Gasteiger partial charge in [-0.2, -0.15) is 0 Å². The predicted octanol–water partition coefficient (Wildman–Crippen LogP) is 0.858. The molecule has 2 heterocycles. The molecule has 5 nitrogen and oxygen atoms in total. The molecule has 6 heteroatoms. The van der Waals surface area contributed by atoms with E-state index in [9.17, 15) is 13.2 Å². The average Bonchev–Trinajstić information content (AvgIpc) is 2.79. The normalized spacial score (nSPS) is 28.1. The third-order valence-electron chi connectivity index (χ3n) is 4.14. The third kappa shape index (κ3) is 2.33. The van der Waals surface area contributed by atoms with Gasteiger partial charge in [0, 0.05) is 18.3 Å². The number of nitrogens with two attached hydrogens (primary N) is 1. The van der Waals surface area contributed by atoms with Crippen molar-refractivity contribution in [2.75, 3.05) is 23.0 Å². The number of anilines is 1. The molecule has 2 aliphatic rings. The van der Waals surface area contributed by atoms with Gasteiger partial charge in [-0.05, 0) is 24.5 Å². The summed E-state index contributed by atoms with van der Waals surface area (Å²) in [6.07, 6.45) is 1.15. The van der Waals surface area contributed by atoms with Crippen molar-refractivity contribution in [1.82, 2.24) is 0 Å². The molecule has 20 heavy (non-hydrogen) atoms.